The first kappa shape index (κ1) is 20.7. The number of thioether (sulfide) groups is 1. The van der Waals surface area contributed by atoms with Crippen LogP contribution in [0.5, 0.6) is 0 Å². The Morgan fingerprint density at radius 1 is 1.14 bits per heavy atom. The van der Waals surface area contributed by atoms with Gasteiger partial charge >= 0.3 is 0 Å². The van der Waals surface area contributed by atoms with E-state index in [1.54, 1.807) is 6.07 Å². The Hall–Kier alpha value is -2.03. The van der Waals surface area contributed by atoms with Crippen molar-refractivity contribution in [3.8, 4) is 0 Å². The number of likely N-dealkylation sites (N-methyl/N-ethyl adjacent to an activating group) is 1. The van der Waals surface area contributed by atoms with Crippen LogP contribution in [0.1, 0.15) is 21.5 Å². The predicted octanol–water partition coefficient (Wildman–Crippen LogP) is 3.07. The summed E-state index contributed by atoms with van der Waals surface area (Å²) in [6.07, 6.45) is 1.40. The molecule has 0 spiro atoms. The van der Waals surface area contributed by atoms with Gasteiger partial charge in [-0.15, -0.1) is 0 Å². The minimum atomic E-state index is -2.62. The second kappa shape index (κ2) is 9.95. The summed E-state index contributed by atoms with van der Waals surface area (Å²) in [7, 11) is 2.14. The van der Waals surface area contributed by atoms with Crippen LogP contribution in [0.3, 0.4) is 0 Å². The highest BCUT2D eigenvalue weighted by molar-refractivity contribution is 7.99. The van der Waals surface area contributed by atoms with Crippen LogP contribution in [-0.4, -0.2) is 59.7 Å². The van der Waals surface area contributed by atoms with Crippen LogP contribution < -0.4 is 5.32 Å². The average molecular weight is 407 g/mol. The summed E-state index contributed by atoms with van der Waals surface area (Å²) in [6, 6.07) is 11.2. The minimum Gasteiger partial charge on any atom is -0.348 e. The summed E-state index contributed by atoms with van der Waals surface area (Å²) in [4.78, 5) is 21.0. The first-order valence-corrected chi connectivity index (χ1v) is 10.1. The highest BCUT2D eigenvalue weighted by Crippen LogP contribution is 2.26. The third-order valence-electron chi connectivity index (χ3n) is 4.69. The lowest BCUT2D eigenvalue weighted by Gasteiger charge is -2.32. The number of pyridine rings is 1. The molecule has 150 valence electrons. The van der Waals surface area contributed by atoms with E-state index < -0.39 is 11.7 Å². The van der Waals surface area contributed by atoms with E-state index in [9.17, 15) is 13.6 Å². The van der Waals surface area contributed by atoms with Gasteiger partial charge in [0.2, 0.25) is 0 Å². The maximum atomic E-state index is 12.6. The van der Waals surface area contributed by atoms with Crippen molar-refractivity contribution in [1.29, 1.82) is 0 Å². The fraction of sp³-hybridized carbons (Fsp3) is 0.400. The lowest BCUT2D eigenvalue weighted by atomic mass is 10.1. The Bertz CT molecular complexity index is 780. The number of piperazine rings is 1. The Morgan fingerprint density at radius 3 is 2.50 bits per heavy atom. The predicted molar refractivity (Wildman–Crippen MR) is 106 cm³/mol. The standard InChI is InChI=1S/C20H24F2N4OS/c1-25-9-11-26(12-10-25)14-16-6-4-15(5-7-16)13-24-18(27)17-3-2-8-23-19(17)28-20(21)22/h2-8,20H,9-14H2,1H3,(H,24,27). The highest BCUT2D eigenvalue weighted by Gasteiger charge is 2.17. The number of hydrogen-bond donors (Lipinski definition) is 1. The van der Waals surface area contributed by atoms with Crippen LogP contribution in [0.15, 0.2) is 47.6 Å². The fourth-order valence-corrected chi connectivity index (χ4v) is 3.62. The molecule has 3 rings (SSSR count). The van der Waals surface area contributed by atoms with Crippen LogP contribution in [0.4, 0.5) is 8.78 Å². The monoisotopic (exact) mass is 406 g/mol. The van der Waals surface area contributed by atoms with Gasteiger partial charge in [-0.05, 0) is 42.1 Å². The van der Waals surface area contributed by atoms with Gasteiger partial charge in [0.05, 0.1) is 5.56 Å². The molecule has 1 aromatic carbocycles. The number of alkyl halides is 2. The van der Waals surface area contributed by atoms with Crippen molar-refractivity contribution in [3.63, 3.8) is 0 Å². The molecule has 1 aromatic heterocycles. The molecule has 5 nitrogen and oxygen atoms in total. The summed E-state index contributed by atoms with van der Waals surface area (Å²) in [6.45, 7) is 5.57. The van der Waals surface area contributed by atoms with Gasteiger partial charge in [0.1, 0.15) is 5.03 Å². The van der Waals surface area contributed by atoms with Crippen molar-refractivity contribution in [3.05, 3.63) is 59.3 Å². The Balaban J connectivity index is 1.53. The van der Waals surface area contributed by atoms with E-state index in [1.807, 2.05) is 12.1 Å². The van der Waals surface area contributed by atoms with E-state index in [4.69, 9.17) is 0 Å². The zero-order valence-corrected chi connectivity index (χ0v) is 16.6. The molecule has 1 fully saturated rings. The number of aromatic nitrogens is 1. The molecular formula is C20H24F2N4OS. The maximum Gasteiger partial charge on any atom is 0.290 e. The molecule has 0 bridgehead atoms. The molecular weight excluding hydrogens is 382 g/mol. The van der Waals surface area contributed by atoms with E-state index >= 15 is 0 Å². The van der Waals surface area contributed by atoms with Gasteiger partial charge < -0.3 is 10.2 Å². The summed E-state index contributed by atoms with van der Waals surface area (Å²) < 4.78 is 25.3. The molecule has 8 heteroatoms. The number of amides is 1. The van der Waals surface area contributed by atoms with Crippen molar-refractivity contribution in [2.75, 3.05) is 33.2 Å². The van der Waals surface area contributed by atoms with Gasteiger partial charge in [0.15, 0.2) is 0 Å². The lowest BCUT2D eigenvalue weighted by molar-refractivity contribution is 0.0947. The Labute approximate surface area is 168 Å². The number of nitrogens with zero attached hydrogens (tertiary/aromatic N) is 3. The van der Waals surface area contributed by atoms with E-state index in [2.05, 4.69) is 39.3 Å². The van der Waals surface area contributed by atoms with E-state index in [0.717, 1.165) is 38.3 Å². The average Bonchev–Trinajstić information content (AvgIpc) is 2.69. The maximum absolute atomic E-state index is 12.6. The number of carbonyl (C=O) groups excluding carboxylic acids is 1. The summed E-state index contributed by atoms with van der Waals surface area (Å²) in [5.41, 5.74) is 2.37. The largest absolute Gasteiger partial charge is 0.348 e. The second-order valence-corrected chi connectivity index (χ2v) is 7.79. The topological polar surface area (TPSA) is 48.5 Å². The summed E-state index contributed by atoms with van der Waals surface area (Å²) in [5, 5.41) is 2.82. The van der Waals surface area contributed by atoms with Crippen LogP contribution in [-0.2, 0) is 13.1 Å². The smallest absolute Gasteiger partial charge is 0.290 e. The quantitative estimate of drug-likeness (QED) is 0.716. The van der Waals surface area contributed by atoms with Crippen molar-refractivity contribution in [2.45, 2.75) is 23.9 Å². The van der Waals surface area contributed by atoms with Crippen molar-refractivity contribution in [1.82, 2.24) is 20.1 Å². The van der Waals surface area contributed by atoms with Crippen LogP contribution >= 0.6 is 11.8 Å². The molecule has 0 atom stereocenters. The molecule has 1 N–H and O–H groups in total. The van der Waals surface area contributed by atoms with E-state index in [-0.39, 0.29) is 22.4 Å². The fourth-order valence-electron chi connectivity index (χ4n) is 3.05. The molecule has 0 saturated carbocycles. The number of nitrogens with one attached hydrogen (secondary N) is 1. The zero-order chi connectivity index (χ0) is 19.9. The third-order valence-corrected chi connectivity index (χ3v) is 5.42. The first-order chi connectivity index (χ1) is 13.5. The molecule has 0 unspecified atom stereocenters. The molecule has 1 saturated heterocycles. The number of rotatable bonds is 7. The van der Waals surface area contributed by atoms with Crippen molar-refractivity contribution >= 4 is 17.7 Å². The third kappa shape index (κ3) is 5.98. The Kier molecular flexibility index (Phi) is 7.36. The van der Waals surface area contributed by atoms with Gasteiger partial charge in [0.25, 0.3) is 11.7 Å². The van der Waals surface area contributed by atoms with Gasteiger partial charge in [-0.2, -0.15) is 8.78 Å². The number of benzene rings is 1. The normalized spacial score (nSPS) is 15.7. The SMILES string of the molecule is CN1CCN(Cc2ccc(CNC(=O)c3cccnc3SC(F)F)cc2)CC1. The molecule has 28 heavy (non-hydrogen) atoms. The first-order valence-electron chi connectivity index (χ1n) is 9.18. The molecule has 1 aliphatic rings. The Morgan fingerprint density at radius 2 is 1.82 bits per heavy atom. The van der Waals surface area contributed by atoms with Crippen LogP contribution in [0, 0.1) is 0 Å². The number of halogens is 2. The van der Waals surface area contributed by atoms with Gasteiger partial charge in [-0.25, -0.2) is 4.98 Å². The van der Waals surface area contributed by atoms with Crippen LogP contribution in [0.25, 0.3) is 0 Å². The molecule has 2 heterocycles. The summed E-state index contributed by atoms with van der Waals surface area (Å²) >= 11 is 0.281. The second-order valence-electron chi connectivity index (χ2n) is 6.81. The molecule has 1 amide bonds. The van der Waals surface area contributed by atoms with E-state index in [0.29, 0.717) is 6.54 Å². The number of carbonyl (C=O) groups is 1. The number of hydrogen-bond acceptors (Lipinski definition) is 5. The molecule has 0 radical (unpaired) electrons. The zero-order valence-electron chi connectivity index (χ0n) is 15.8. The van der Waals surface area contributed by atoms with Gasteiger partial charge in [0, 0.05) is 45.5 Å². The molecule has 2 aromatic rings. The van der Waals surface area contributed by atoms with Gasteiger partial charge in [-0.1, -0.05) is 24.3 Å². The molecule has 1 aliphatic heterocycles. The van der Waals surface area contributed by atoms with Crippen LogP contribution in [0.2, 0.25) is 0 Å². The summed E-state index contributed by atoms with van der Waals surface area (Å²) in [5.74, 6) is -3.02. The highest BCUT2D eigenvalue weighted by atomic mass is 32.2. The molecule has 0 aliphatic carbocycles. The van der Waals surface area contributed by atoms with E-state index in [1.165, 1.54) is 17.8 Å². The lowest BCUT2D eigenvalue weighted by Crippen LogP contribution is -2.43. The van der Waals surface area contributed by atoms with Crippen molar-refractivity contribution in [2.24, 2.45) is 0 Å². The minimum absolute atomic E-state index is 0.0394. The van der Waals surface area contributed by atoms with Gasteiger partial charge in [-0.3, -0.25) is 9.69 Å². The van der Waals surface area contributed by atoms with Crippen molar-refractivity contribution < 1.29 is 13.6 Å².